The highest BCUT2D eigenvalue weighted by molar-refractivity contribution is 7.15. The summed E-state index contributed by atoms with van der Waals surface area (Å²) in [7, 11) is 0. The molecule has 2 heterocycles. The molecular formula is C12H14N2S. The normalized spacial score (nSPS) is 10.9. The van der Waals surface area contributed by atoms with E-state index in [2.05, 4.69) is 30.7 Å². The average Bonchev–Trinajstić information content (AvgIpc) is 2.67. The molecule has 0 saturated carbocycles. The van der Waals surface area contributed by atoms with Crippen molar-refractivity contribution in [1.29, 1.82) is 0 Å². The fraction of sp³-hybridized carbons (Fsp3) is 0.333. The van der Waals surface area contributed by atoms with Crippen LogP contribution in [0.15, 0.2) is 24.7 Å². The number of rotatable bonds is 2. The fourth-order valence-electron chi connectivity index (χ4n) is 1.37. The molecule has 0 radical (unpaired) electrons. The predicted molar refractivity (Wildman–Crippen MR) is 64.2 cm³/mol. The zero-order valence-electron chi connectivity index (χ0n) is 9.19. The van der Waals surface area contributed by atoms with Crippen molar-refractivity contribution < 1.29 is 0 Å². The number of nitrogens with zero attached hydrogens (tertiary/aromatic N) is 2. The van der Waals surface area contributed by atoms with Crippen LogP contribution < -0.4 is 0 Å². The summed E-state index contributed by atoms with van der Waals surface area (Å²) in [4.78, 5) is 9.92. The fourth-order valence-corrected chi connectivity index (χ4v) is 2.36. The van der Waals surface area contributed by atoms with Crippen molar-refractivity contribution in [3.05, 3.63) is 35.1 Å². The Morgan fingerprint density at radius 1 is 1.27 bits per heavy atom. The van der Waals surface area contributed by atoms with E-state index in [1.165, 1.54) is 10.4 Å². The lowest BCUT2D eigenvalue weighted by Crippen LogP contribution is -1.82. The van der Waals surface area contributed by atoms with E-state index in [1.807, 2.05) is 24.7 Å². The van der Waals surface area contributed by atoms with Crippen molar-refractivity contribution in [3.8, 4) is 10.6 Å². The molecule has 0 amide bonds. The molecule has 0 bridgehead atoms. The topological polar surface area (TPSA) is 25.8 Å². The van der Waals surface area contributed by atoms with Gasteiger partial charge in [-0.25, -0.2) is 4.98 Å². The molecule has 0 unspecified atom stereocenters. The molecule has 0 N–H and O–H groups in total. The maximum Gasteiger partial charge on any atom is 0.125 e. The molecule has 0 aliphatic rings. The minimum absolute atomic E-state index is 0.549. The number of aromatic nitrogens is 2. The highest BCUT2D eigenvalue weighted by Crippen LogP contribution is 2.30. The molecule has 15 heavy (non-hydrogen) atoms. The lowest BCUT2D eigenvalue weighted by atomic mass is 10.2. The van der Waals surface area contributed by atoms with Crippen LogP contribution >= 0.6 is 11.3 Å². The van der Waals surface area contributed by atoms with Crippen molar-refractivity contribution in [2.45, 2.75) is 26.7 Å². The summed E-state index contributed by atoms with van der Waals surface area (Å²) < 4.78 is 0. The van der Waals surface area contributed by atoms with E-state index in [-0.39, 0.29) is 0 Å². The first kappa shape index (κ1) is 10.3. The maximum absolute atomic E-state index is 4.45. The summed E-state index contributed by atoms with van der Waals surface area (Å²) in [5.74, 6) is 0.549. The molecule has 0 aliphatic heterocycles. The zero-order chi connectivity index (χ0) is 10.8. The van der Waals surface area contributed by atoms with Gasteiger partial charge in [0.05, 0.1) is 0 Å². The largest absolute Gasteiger partial charge is 0.264 e. The lowest BCUT2D eigenvalue weighted by Gasteiger charge is -2.00. The Kier molecular flexibility index (Phi) is 2.82. The second kappa shape index (κ2) is 4.11. The van der Waals surface area contributed by atoms with Crippen molar-refractivity contribution in [2.24, 2.45) is 0 Å². The van der Waals surface area contributed by atoms with E-state index in [1.54, 1.807) is 11.3 Å². The van der Waals surface area contributed by atoms with E-state index < -0.39 is 0 Å². The standard InChI is InChI=1S/C12H14N2S/c1-8(2)11-7-14-12(15-11)10-6-13-5-4-9(10)3/h4-8H,1-3H3. The first-order valence-electron chi connectivity index (χ1n) is 5.05. The van der Waals surface area contributed by atoms with Gasteiger partial charge in [0, 0.05) is 29.0 Å². The van der Waals surface area contributed by atoms with Crippen LogP contribution in [0.25, 0.3) is 10.6 Å². The second-order valence-corrected chi connectivity index (χ2v) is 4.98. The molecule has 2 aromatic heterocycles. The number of hydrogen-bond acceptors (Lipinski definition) is 3. The summed E-state index contributed by atoms with van der Waals surface area (Å²) in [5.41, 5.74) is 2.38. The van der Waals surface area contributed by atoms with Gasteiger partial charge in [-0.05, 0) is 24.5 Å². The van der Waals surface area contributed by atoms with Gasteiger partial charge >= 0.3 is 0 Å². The summed E-state index contributed by atoms with van der Waals surface area (Å²) in [5, 5.41) is 1.07. The zero-order valence-corrected chi connectivity index (χ0v) is 10.0. The predicted octanol–water partition coefficient (Wildman–Crippen LogP) is 3.64. The Balaban J connectivity index is 2.42. The van der Waals surface area contributed by atoms with Crippen molar-refractivity contribution in [1.82, 2.24) is 9.97 Å². The second-order valence-electron chi connectivity index (χ2n) is 3.91. The van der Waals surface area contributed by atoms with E-state index in [0.717, 1.165) is 10.6 Å². The van der Waals surface area contributed by atoms with E-state index in [9.17, 15) is 0 Å². The molecule has 0 atom stereocenters. The Morgan fingerprint density at radius 2 is 2.07 bits per heavy atom. The third kappa shape index (κ3) is 2.07. The SMILES string of the molecule is Cc1ccncc1-c1ncc(C(C)C)s1. The molecule has 2 rings (SSSR count). The van der Waals surface area contributed by atoms with Crippen LogP contribution in [0.4, 0.5) is 0 Å². The smallest absolute Gasteiger partial charge is 0.125 e. The third-order valence-electron chi connectivity index (χ3n) is 2.36. The molecule has 0 aromatic carbocycles. The van der Waals surface area contributed by atoms with Crippen LogP contribution in [-0.2, 0) is 0 Å². The summed E-state index contributed by atoms with van der Waals surface area (Å²) in [6, 6.07) is 2.02. The van der Waals surface area contributed by atoms with E-state index in [0.29, 0.717) is 5.92 Å². The van der Waals surface area contributed by atoms with Crippen LogP contribution in [0.3, 0.4) is 0 Å². The molecular weight excluding hydrogens is 204 g/mol. The number of aryl methyl sites for hydroxylation is 1. The number of hydrogen-bond donors (Lipinski definition) is 0. The van der Waals surface area contributed by atoms with Gasteiger partial charge in [0.25, 0.3) is 0 Å². The van der Waals surface area contributed by atoms with Gasteiger partial charge in [0.15, 0.2) is 0 Å². The molecule has 0 aliphatic carbocycles. The van der Waals surface area contributed by atoms with Crippen LogP contribution in [0.5, 0.6) is 0 Å². The monoisotopic (exact) mass is 218 g/mol. The van der Waals surface area contributed by atoms with Crippen LogP contribution in [0.2, 0.25) is 0 Å². The lowest BCUT2D eigenvalue weighted by molar-refractivity contribution is 0.885. The van der Waals surface area contributed by atoms with E-state index in [4.69, 9.17) is 0 Å². The molecule has 0 saturated heterocycles. The van der Waals surface area contributed by atoms with Gasteiger partial charge in [-0.15, -0.1) is 11.3 Å². The quantitative estimate of drug-likeness (QED) is 0.769. The first-order chi connectivity index (χ1) is 7.18. The summed E-state index contributed by atoms with van der Waals surface area (Å²) >= 11 is 1.76. The Morgan fingerprint density at radius 3 is 2.67 bits per heavy atom. The van der Waals surface area contributed by atoms with Gasteiger partial charge in [0.1, 0.15) is 5.01 Å². The summed E-state index contributed by atoms with van der Waals surface area (Å²) in [6.45, 7) is 6.47. The first-order valence-corrected chi connectivity index (χ1v) is 5.87. The minimum atomic E-state index is 0.549. The summed E-state index contributed by atoms with van der Waals surface area (Å²) in [6.07, 6.45) is 5.67. The highest BCUT2D eigenvalue weighted by atomic mass is 32.1. The maximum atomic E-state index is 4.45. The minimum Gasteiger partial charge on any atom is -0.264 e. The van der Waals surface area contributed by atoms with Crippen molar-refractivity contribution >= 4 is 11.3 Å². The number of thiazole rings is 1. The molecule has 3 heteroatoms. The third-order valence-corrected chi connectivity index (χ3v) is 3.69. The van der Waals surface area contributed by atoms with Gasteiger partial charge in [-0.2, -0.15) is 0 Å². The van der Waals surface area contributed by atoms with Gasteiger partial charge < -0.3 is 0 Å². The van der Waals surface area contributed by atoms with Gasteiger partial charge in [0.2, 0.25) is 0 Å². The number of pyridine rings is 1. The average molecular weight is 218 g/mol. The molecule has 0 spiro atoms. The molecule has 2 aromatic rings. The molecule has 0 fully saturated rings. The molecule has 78 valence electrons. The Labute approximate surface area is 94.0 Å². The van der Waals surface area contributed by atoms with Crippen molar-refractivity contribution in [2.75, 3.05) is 0 Å². The van der Waals surface area contributed by atoms with Crippen LogP contribution in [0, 0.1) is 6.92 Å². The molecule has 2 nitrogen and oxygen atoms in total. The van der Waals surface area contributed by atoms with Gasteiger partial charge in [-0.3, -0.25) is 4.98 Å². The highest BCUT2D eigenvalue weighted by Gasteiger charge is 2.09. The Hall–Kier alpha value is -1.22. The van der Waals surface area contributed by atoms with Crippen molar-refractivity contribution in [3.63, 3.8) is 0 Å². The van der Waals surface area contributed by atoms with Crippen LogP contribution in [0.1, 0.15) is 30.2 Å². The van der Waals surface area contributed by atoms with Crippen LogP contribution in [-0.4, -0.2) is 9.97 Å². The Bertz CT molecular complexity index is 460. The van der Waals surface area contributed by atoms with Gasteiger partial charge in [-0.1, -0.05) is 13.8 Å². The van der Waals surface area contributed by atoms with E-state index >= 15 is 0 Å².